The van der Waals surface area contributed by atoms with Gasteiger partial charge >= 0.3 is 0 Å². The molecule has 1 N–H and O–H groups in total. The van der Waals surface area contributed by atoms with Crippen LogP contribution in [0.2, 0.25) is 0 Å². The Morgan fingerprint density at radius 2 is 1.96 bits per heavy atom. The van der Waals surface area contributed by atoms with E-state index in [-0.39, 0.29) is 25.1 Å². The number of nitrogens with zero attached hydrogens (tertiary/aromatic N) is 1. The number of rotatable bonds is 2. The zero-order valence-electron chi connectivity index (χ0n) is 13.2. The molecule has 1 spiro atoms. The Morgan fingerprint density at radius 3 is 2.70 bits per heavy atom. The highest BCUT2D eigenvalue weighted by atomic mass is 35.5. The van der Waals surface area contributed by atoms with E-state index in [1.807, 2.05) is 23.1 Å². The molecule has 1 aromatic rings. The molecule has 3 aliphatic rings. The summed E-state index contributed by atoms with van der Waals surface area (Å²) in [6, 6.07) is 5.77. The highest BCUT2D eigenvalue weighted by molar-refractivity contribution is 5.85. The van der Waals surface area contributed by atoms with E-state index in [4.69, 9.17) is 9.47 Å². The zero-order valence-corrected chi connectivity index (χ0v) is 14.0. The van der Waals surface area contributed by atoms with Crippen LogP contribution in [0.5, 0.6) is 11.5 Å². The third-order valence-electron chi connectivity index (χ3n) is 5.30. The number of ether oxygens (including phenoxy) is 2. The molecule has 4 rings (SSSR count). The van der Waals surface area contributed by atoms with Gasteiger partial charge in [-0.1, -0.05) is 6.07 Å². The summed E-state index contributed by atoms with van der Waals surface area (Å²) in [6.45, 7) is 4.31. The quantitative estimate of drug-likeness (QED) is 0.896. The average Bonchev–Trinajstić information content (AvgIpc) is 3.17. The maximum Gasteiger partial charge on any atom is 0.231 e. The first-order valence-corrected chi connectivity index (χ1v) is 8.11. The van der Waals surface area contributed by atoms with E-state index in [0.29, 0.717) is 11.8 Å². The second-order valence-corrected chi connectivity index (χ2v) is 6.67. The molecule has 0 bridgehead atoms. The summed E-state index contributed by atoms with van der Waals surface area (Å²) in [6.07, 6.45) is 3.97. The maximum absolute atomic E-state index is 12.5. The van der Waals surface area contributed by atoms with Crippen LogP contribution >= 0.6 is 12.4 Å². The molecule has 0 aromatic heterocycles. The lowest BCUT2D eigenvalue weighted by molar-refractivity contribution is -0.132. The highest BCUT2D eigenvalue weighted by Gasteiger charge is 2.37. The molecule has 2 saturated heterocycles. The minimum atomic E-state index is 0. The summed E-state index contributed by atoms with van der Waals surface area (Å²) in [4.78, 5) is 14.5. The number of carbonyl (C=O) groups is 1. The molecule has 0 radical (unpaired) electrons. The van der Waals surface area contributed by atoms with Crippen molar-refractivity contribution in [2.24, 2.45) is 5.41 Å². The lowest BCUT2D eigenvalue weighted by atomic mass is 9.78. The summed E-state index contributed by atoms with van der Waals surface area (Å²) < 4.78 is 10.7. The summed E-state index contributed by atoms with van der Waals surface area (Å²) >= 11 is 0. The van der Waals surface area contributed by atoms with Crippen molar-refractivity contribution in [2.45, 2.75) is 25.7 Å². The Labute approximate surface area is 142 Å². The number of piperidine rings is 1. The molecule has 3 heterocycles. The van der Waals surface area contributed by atoms with Gasteiger partial charge in [-0.25, -0.2) is 0 Å². The highest BCUT2D eigenvalue weighted by Crippen LogP contribution is 2.37. The molecular weight excluding hydrogens is 316 g/mol. The molecule has 0 aliphatic carbocycles. The number of benzene rings is 1. The Bertz CT molecular complexity index is 577. The van der Waals surface area contributed by atoms with Crippen molar-refractivity contribution in [1.29, 1.82) is 0 Å². The van der Waals surface area contributed by atoms with Gasteiger partial charge in [0.25, 0.3) is 0 Å². The number of amides is 1. The Kier molecular flexibility index (Phi) is 4.69. The Hall–Kier alpha value is -1.46. The number of likely N-dealkylation sites (tertiary alicyclic amines) is 1. The van der Waals surface area contributed by atoms with Gasteiger partial charge in [0.1, 0.15) is 0 Å². The molecule has 0 atom stereocenters. The fourth-order valence-corrected chi connectivity index (χ4v) is 3.79. The second-order valence-electron chi connectivity index (χ2n) is 6.67. The fourth-order valence-electron chi connectivity index (χ4n) is 3.79. The van der Waals surface area contributed by atoms with Crippen LogP contribution in [0.3, 0.4) is 0 Å². The van der Waals surface area contributed by atoms with Crippen molar-refractivity contribution in [3.8, 4) is 11.5 Å². The van der Waals surface area contributed by atoms with Gasteiger partial charge in [0.15, 0.2) is 11.5 Å². The fraction of sp³-hybridized carbons (Fsp3) is 0.588. The van der Waals surface area contributed by atoms with Crippen molar-refractivity contribution in [3.05, 3.63) is 23.8 Å². The molecule has 1 amide bonds. The Balaban J connectivity index is 0.00000156. The van der Waals surface area contributed by atoms with Gasteiger partial charge < -0.3 is 19.7 Å². The van der Waals surface area contributed by atoms with E-state index in [1.165, 1.54) is 6.42 Å². The molecule has 126 valence electrons. The van der Waals surface area contributed by atoms with Crippen LogP contribution in [-0.2, 0) is 11.2 Å². The number of hydrogen-bond acceptors (Lipinski definition) is 4. The maximum atomic E-state index is 12.5. The van der Waals surface area contributed by atoms with Gasteiger partial charge in [-0.15, -0.1) is 12.4 Å². The standard InChI is InChI=1S/C17H22N2O3.ClH/c20-16(10-13-1-2-14-15(9-13)22-12-21-14)19-7-4-17(5-8-19)3-6-18-11-17;/h1-2,9,18H,3-8,10-12H2;1H. The molecule has 0 saturated carbocycles. The van der Waals surface area contributed by atoms with E-state index in [1.54, 1.807) is 0 Å². The third kappa shape index (κ3) is 3.26. The van der Waals surface area contributed by atoms with Crippen molar-refractivity contribution >= 4 is 18.3 Å². The Morgan fingerprint density at radius 1 is 1.17 bits per heavy atom. The lowest BCUT2D eigenvalue weighted by Crippen LogP contribution is -2.44. The molecule has 1 aromatic carbocycles. The molecule has 5 nitrogen and oxygen atoms in total. The van der Waals surface area contributed by atoms with Crippen molar-refractivity contribution < 1.29 is 14.3 Å². The monoisotopic (exact) mass is 338 g/mol. The summed E-state index contributed by atoms with van der Waals surface area (Å²) in [5.41, 5.74) is 1.45. The third-order valence-corrected chi connectivity index (χ3v) is 5.30. The van der Waals surface area contributed by atoms with Crippen LogP contribution in [0.25, 0.3) is 0 Å². The summed E-state index contributed by atoms with van der Waals surface area (Å²) in [5.74, 6) is 1.74. The first kappa shape index (κ1) is 16.4. The largest absolute Gasteiger partial charge is 0.454 e. The predicted octanol–water partition coefficient (Wildman–Crippen LogP) is 1.98. The molecule has 2 fully saturated rings. The molecular formula is C17H23ClN2O3. The van der Waals surface area contributed by atoms with Crippen molar-refractivity contribution in [3.63, 3.8) is 0 Å². The summed E-state index contributed by atoms with van der Waals surface area (Å²) in [5, 5.41) is 3.46. The van der Waals surface area contributed by atoms with Gasteiger partial charge in [0, 0.05) is 19.6 Å². The van der Waals surface area contributed by atoms with E-state index in [2.05, 4.69) is 5.32 Å². The SMILES string of the molecule is Cl.O=C(Cc1ccc2c(c1)OCO2)N1CCC2(CCNC2)CC1. The number of nitrogens with one attached hydrogen (secondary N) is 1. The van der Waals surface area contributed by atoms with Gasteiger partial charge in [0.2, 0.25) is 12.7 Å². The van der Waals surface area contributed by atoms with Crippen molar-refractivity contribution in [1.82, 2.24) is 10.2 Å². The van der Waals surface area contributed by atoms with E-state index in [0.717, 1.165) is 56.1 Å². The average molecular weight is 339 g/mol. The predicted molar refractivity (Wildman–Crippen MR) is 89.3 cm³/mol. The van der Waals surface area contributed by atoms with Crippen LogP contribution in [0.4, 0.5) is 0 Å². The zero-order chi connectivity index (χ0) is 15.0. The van der Waals surface area contributed by atoms with Gasteiger partial charge in [-0.2, -0.15) is 0 Å². The number of fused-ring (bicyclic) bond motifs is 1. The van der Waals surface area contributed by atoms with Crippen LogP contribution in [-0.4, -0.2) is 43.8 Å². The molecule has 3 aliphatic heterocycles. The first-order valence-electron chi connectivity index (χ1n) is 8.11. The van der Waals surface area contributed by atoms with E-state index >= 15 is 0 Å². The van der Waals surface area contributed by atoms with Crippen LogP contribution in [0, 0.1) is 5.41 Å². The molecule has 6 heteroatoms. The normalized spacial score (nSPS) is 21.3. The minimum absolute atomic E-state index is 0. The van der Waals surface area contributed by atoms with Gasteiger partial charge in [0.05, 0.1) is 6.42 Å². The minimum Gasteiger partial charge on any atom is -0.454 e. The van der Waals surface area contributed by atoms with Crippen molar-refractivity contribution in [2.75, 3.05) is 33.0 Å². The van der Waals surface area contributed by atoms with E-state index < -0.39 is 0 Å². The summed E-state index contributed by atoms with van der Waals surface area (Å²) in [7, 11) is 0. The lowest BCUT2D eigenvalue weighted by Gasteiger charge is -2.39. The van der Waals surface area contributed by atoms with Crippen LogP contribution < -0.4 is 14.8 Å². The van der Waals surface area contributed by atoms with Crippen LogP contribution in [0.15, 0.2) is 18.2 Å². The van der Waals surface area contributed by atoms with Gasteiger partial charge in [-0.05, 0) is 48.9 Å². The molecule has 23 heavy (non-hydrogen) atoms. The second kappa shape index (κ2) is 6.57. The number of hydrogen-bond donors (Lipinski definition) is 1. The number of halogens is 1. The molecule has 0 unspecified atom stereocenters. The first-order chi connectivity index (χ1) is 10.7. The topological polar surface area (TPSA) is 50.8 Å². The van der Waals surface area contributed by atoms with E-state index in [9.17, 15) is 4.79 Å². The van der Waals surface area contributed by atoms with Crippen LogP contribution in [0.1, 0.15) is 24.8 Å². The van der Waals surface area contributed by atoms with Gasteiger partial charge in [-0.3, -0.25) is 4.79 Å². The number of carbonyl (C=O) groups excluding carboxylic acids is 1. The smallest absolute Gasteiger partial charge is 0.231 e.